The Labute approximate surface area is 294 Å². The summed E-state index contributed by atoms with van der Waals surface area (Å²) in [6.45, 7) is 27.6. The lowest BCUT2D eigenvalue weighted by Crippen LogP contribution is -2.60. The van der Waals surface area contributed by atoms with Crippen LogP contribution in [0.25, 0.3) is 0 Å². The van der Waals surface area contributed by atoms with Gasteiger partial charge in [-0.2, -0.15) is 13.2 Å². The van der Waals surface area contributed by atoms with E-state index < -0.39 is 67.3 Å². The van der Waals surface area contributed by atoms with Gasteiger partial charge in [-0.3, -0.25) is 0 Å². The van der Waals surface area contributed by atoms with Crippen molar-refractivity contribution in [3.05, 3.63) is 0 Å². The van der Waals surface area contributed by atoms with Crippen molar-refractivity contribution in [1.82, 2.24) is 0 Å². The molecule has 0 aromatic heterocycles. The molecule has 5 unspecified atom stereocenters. The molecule has 0 fully saturated rings. The zero-order chi connectivity index (χ0) is 37.5. The average Bonchev–Trinajstić information content (AvgIpc) is 2.86. The Bertz CT molecular complexity index is 812. The summed E-state index contributed by atoms with van der Waals surface area (Å²) in [7, 11) is -13.7. The second kappa shape index (κ2) is 21.9. The highest BCUT2D eigenvalue weighted by atomic mass is 28.5. The van der Waals surface area contributed by atoms with E-state index in [0.29, 0.717) is 33.0 Å². The molecule has 18 heteroatoms. The van der Waals surface area contributed by atoms with E-state index in [2.05, 4.69) is 26.2 Å². The molecule has 5 atom stereocenters. The maximum Gasteiger partial charge on any atom is 0.389 e. The van der Waals surface area contributed by atoms with Gasteiger partial charge in [0.2, 0.25) is 0 Å². The van der Waals surface area contributed by atoms with Gasteiger partial charge in [-0.1, -0.05) is 6.92 Å². The Hall–Kier alpha value is 0.474. The maximum atomic E-state index is 13.5. The van der Waals surface area contributed by atoms with Gasteiger partial charge in [0.15, 0.2) is 22.9 Å². The van der Waals surface area contributed by atoms with E-state index in [1.54, 1.807) is 20.4 Å². The third-order valence-corrected chi connectivity index (χ3v) is 27.0. The van der Waals surface area contributed by atoms with Gasteiger partial charge in [0.05, 0.1) is 38.6 Å². The first-order valence-corrected chi connectivity index (χ1v) is 31.7. The van der Waals surface area contributed by atoms with E-state index in [1.807, 2.05) is 40.0 Å². The molecular formula is C30H69F3O10Si5. The molecule has 0 saturated carbocycles. The lowest BCUT2D eigenvalue weighted by atomic mass is 10.2. The highest BCUT2D eigenvalue weighted by Crippen LogP contribution is 2.34. The van der Waals surface area contributed by atoms with Crippen molar-refractivity contribution in [3.8, 4) is 0 Å². The highest BCUT2D eigenvalue weighted by Gasteiger charge is 2.49. The van der Waals surface area contributed by atoms with Crippen molar-refractivity contribution in [1.29, 1.82) is 0 Å². The molecule has 0 rings (SSSR count). The van der Waals surface area contributed by atoms with Crippen LogP contribution in [-0.4, -0.2) is 117 Å². The predicted molar refractivity (Wildman–Crippen MR) is 196 cm³/mol. The molecule has 0 amide bonds. The molecule has 0 aliphatic heterocycles. The fourth-order valence-corrected chi connectivity index (χ4v) is 30.4. The summed E-state index contributed by atoms with van der Waals surface area (Å²) in [5, 5.41) is 18.6. The van der Waals surface area contributed by atoms with Crippen molar-refractivity contribution in [2.45, 2.75) is 149 Å². The predicted octanol–water partition coefficient (Wildman–Crippen LogP) is 7.48. The second-order valence-corrected chi connectivity index (χ2v) is 35.0. The number of alkyl halides is 3. The van der Waals surface area contributed by atoms with E-state index in [1.165, 1.54) is 0 Å². The van der Waals surface area contributed by atoms with Crippen LogP contribution in [0.3, 0.4) is 0 Å². The minimum absolute atomic E-state index is 0.124. The Morgan fingerprint density at radius 2 is 1.04 bits per heavy atom. The fraction of sp³-hybridized carbons (Fsp3) is 1.00. The average molecular weight is 787 g/mol. The second-order valence-electron chi connectivity index (χ2n) is 15.4. The van der Waals surface area contributed by atoms with Gasteiger partial charge < -0.3 is 45.6 Å². The van der Waals surface area contributed by atoms with Crippen LogP contribution in [0.15, 0.2) is 0 Å². The molecule has 0 saturated heterocycles. The zero-order valence-electron chi connectivity index (χ0n) is 32.1. The maximum absolute atomic E-state index is 13.5. The Morgan fingerprint density at radius 1 is 0.583 bits per heavy atom. The molecule has 0 aliphatic rings. The van der Waals surface area contributed by atoms with Crippen LogP contribution in [0.5, 0.6) is 0 Å². The van der Waals surface area contributed by atoms with Crippen LogP contribution in [0.1, 0.15) is 47.0 Å². The van der Waals surface area contributed by atoms with Crippen LogP contribution in [0.2, 0.25) is 77.1 Å². The Balaban J connectivity index is 5.21. The number of rotatable bonds is 28. The van der Waals surface area contributed by atoms with Crippen molar-refractivity contribution < 1.29 is 58.8 Å². The molecule has 0 aromatic rings. The molecule has 48 heavy (non-hydrogen) atoms. The number of aliphatic hydroxyl groups is 2. The Kier molecular flexibility index (Phi) is 22.1. The van der Waals surface area contributed by atoms with Crippen molar-refractivity contribution in [2.24, 2.45) is 5.92 Å². The standard InChI is InChI=1S/C30H69F3O10Si5/c1-26(23-39-29(4)35)22-36-17-14-19-44(5,6)40-46(9,10)42-48(13,21-16-30(31,32)33)43-47(11,12)41-45(7,8)20-15-18-37-25-28(3)38-24-27(2)34/h26-29,34-35H,14-25H2,1-13H3. The molecule has 290 valence electrons. The van der Waals surface area contributed by atoms with Crippen molar-refractivity contribution >= 4 is 42.3 Å². The molecule has 0 heterocycles. The first-order valence-electron chi connectivity index (χ1n) is 17.3. The van der Waals surface area contributed by atoms with E-state index in [-0.39, 0.29) is 24.7 Å². The fourth-order valence-electron chi connectivity index (χ4n) is 5.44. The normalized spacial score (nSPS) is 17.6. The number of hydrogen-bond acceptors (Lipinski definition) is 10. The number of halogens is 3. The number of hydrogen-bond donors (Lipinski definition) is 2. The SMILES string of the molecule is CC(O)COC(C)COCCC[Si](C)(C)O[Si](C)(C)O[Si](C)(CCC(F)(F)F)O[Si](C)(C)O[Si](C)(C)CCCOCC(C)COC(C)O. The van der Waals surface area contributed by atoms with E-state index in [9.17, 15) is 23.4 Å². The van der Waals surface area contributed by atoms with Gasteiger partial charge in [0, 0.05) is 25.6 Å². The third kappa shape index (κ3) is 27.2. The topological polar surface area (TPSA) is 114 Å². The van der Waals surface area contributed by atoms with Gasteiger partial charge in [-0.15, -0.1) is 0 Å². The summed E-state index contributed by atoms with van der Waals surface area (Å²) < 4.78 is 89.2. The zero-order valence-corrected chi connectivity index (χ0v) is 37.1. The number of ether oxygens (including phenoxy) is 4. The molecule has 0 bridgehead atoms. The summed E-state index contributed by atoms with van der Waals surface area (Å²) >= 11 is 0. The van der Waals surface area contributed by atoms with Crippen LogP contribution in [-0.2, 0) is 35.4 Å². The van der Waals surface area contributed by atoms with Crippen molar-refractivity contribution in [3.63, 3.8) is 0 Å². The first-order chi connectivity index (χ1) is 21.7. The van der Waals surface area contributed by atoms with Crippen LogP contribution in [0, 0.1) is 5.92 Å². The summed E-state index contributed by atoms with van der Waals surface area (Å²) in [6.07, 6.45) is -5.19. The molecule has 0 aliphatic carbocycles. The molecule has 0 aromatic carbocycles. The van der Waals surface area contributed by atoms with Gasteiger partial charge in [0.1, 0.15) is 0 Å². The van der Waals surface area contributed by atoms with Gasteiger partial charge >= 0.3 is 31.9 Å². The first kappa shape index (κ1) is 48.5. The minimum Gasteiger partial charge on any atom is -0.436 e. The van der Waals surface area contributed by atoms with Crippen LogP contribution >= 0.6 is 0 Å². The van der Waals surface area contributed by atoms with E-state index in [4.69, 9.17) is 35.4 Å². The molecule has 0 radical (unpaired) electrons. The van der Waals surface area contributed by atoms with Gasteiger partial charge in [-0.25, -0.2) is 0 Å². The van der Waals surface area contributed by atoms with Crippen LogP contribution in [0.4, 0.5) is 13.2 Å². The lowest BCUT2D eigenvalue weighted by Gasteiger charge is -2.44. The van der Waals surface area contributed by atoms with Gasteiger partial charge in [-0.05, 0) is 111 Å². The smallest absolute Gasteiger partial charge is 0.389 e. The summed E-state index contributed by atoms with van der Waals surface area (Å²) in [4.78, 5) is 0. The monoisotopic (exact) mass is 786 g/mol. The van der Waals surface area contributed by atoms with E-state index in [0.717, 1.165) is 24.9 Å². The van der Waals surface area contributed by atoms with Crippen LogP contribution < -0.4 is 0 Å². The number of aliphatic hydroxyl groups excluding tert-OH is 2. The summed E-state index contributed by atoms with van der Waals surface area (Å²) in [5.74, 6) is 0.154. The van der Waals surface area contributed by atoms with E-state index >= 15 is 0 Å². The highest BCUT2D eigenvalue weighted by molar-refractivity contribution is 6.90. The summed E-state index contributed by atoms with van der Waals surface area (Å²) in [5.41, 5.74) is 0. The largest absolute Gasteiger partial charge is 0.436 e. The van der Waals surface area contributed by atoms with Gasteiger partial charge in [0.25, 0.3) is 0 Å². The quantitative estimate of drug-likeness (QED) is 0.0470. The summed E-state index contributed by atoms with van der Waals surface area (Å²) in [6, 6.07) is 1.39. The Morgan fingerprint density at radius 3 is 1.46 bits per heavy atom. The molecule has 0 spiro atoms. The molecule has 10 nitrogen and oxygen atoms in total. The molecular weight excluding hydrogens is 718 g/mol. The minimum atomic E-state index is -4.33. The molecule has 2 N–H and O–H groups in total. The third-order valence-electron chi connectivity index (χ3n) is 6.96. The lowest BCUT2D eigenvalue weighted by molar-refractivity contribution is -0.131. The van der Waals surface area contributed by atoms with Crippen molar-refractivity contribution in [2.75, 3.05) is 39.6 Å².